The molecule has 6 nitrogen and oxygen atoms in total. The third kappa shape index (κ3) is 3.54. The Hall–Kier alpha value is -2.09. The van der Waals surface area contributed by atoms with Gasteiger partial charge in [-0.25, -0.2) is 8.42 Å². The molecule has 2 aliphatic rings. The zero-order valence-electron chi connectivity index (χ0n) is 15.6. The fourth-order valence-corrected chi connectivity index (χ4v) is 5.00. The standard InChI is InChI=1S/C20H24N2O4S/c1-15-3-6-18(7-4-15)27(23,24)22-11-9-21(10-12-22)16(2)17-5-8-19-20(13-17)26-14-25-19/h3-8,13,16H,9-12,14H2,1-2H3. The predicted molar refractivity (Wildman–Crippen MR) is 102 cm³/mol. The summed E-state index contributed by atoms with van der Waals surface area (Å²) < 4.78 is 38.1. The van der Waals surface area contributed by atoms with E-state index in [0.29, 0.717) is 31.1 Å². The van der Waals surface area contributed by atoms with Crippen LogP contribution in [0.5, 0.6) is 11.5 Å². The Morgan fingerprint density at radius 1 is 0.926 bits per heavy atom. The summed E-state index contributed by atoms with van der Waals surface area (Å²) >= 11 is 0. The van der Waals surface area contributed by atoms with Crippen molar-refractivity contribution in [1.29, 1.82) is 0 Å². The lowest BCUT2D eigenvalue weighted by atomic mass is 10.1. The summed E-state index contributed by atoms with van der Waals surface area (Å²) in [7, 11) is -3.43. The van der Waals surface area contributed by atoms with E-state index in [2.05, 4.69) is 11.8 Å². The first-order valence-electron chi connectivity index (χ1n) is 9.15. The highest BCUT2D eigenvalue weighted by Gasteiger charge is 2.30. The average Bonchev–Trinajstić information content (AvgIpc) is 3.15. The highest BCUT2D eigenvalue weighted by Crippen LogP contribution is 2.35. The van der Waals surface area contributed by atoms with Crippen molar-refractivity contribution in [2.24, 2.45) is 0 Å². The number of hydrogen-bond donors (Lipinski definition) is 0. The normalized spacial score (nSPS) is 19.2. The van der Waals surface area contributed by atoms with Crippen LogP contribution < -0.4 is 9.47 Å². The van der Waals surface area contributed by atoms with Gasteiger partial charge >= 0.3 is 0 Å². The number of fused-ring (bicyclic) bond motifs is 1. The van der Waals surface area contributed by atoms with Crippen molar-refractivity contribution >= 4 is 10.0 Å². The number of sulfonamides is 1. The minimum atomic E-state index is -3.43. The molecule has 1 saturated heterocycles. The van der Waals surface area contributed by atoms with Gasteiger partial charge in [-0.3, -0.25) is 4.90 Å². The van der Waals surface area contributed by atoms with Gasteiger partial charge in [-0.2, -0.15) is 4.31 Å². The maximum atomic E-state index is 12.8. The summed E-state index contributed by atoms with van der Waals surface area (Å²) in [6.45, 7) is 6.73. The number of hydrogen-bond acceptors (Lipinski definition) is 5. The van der Waals surface area contributed by atoms with Gasteiger partial charge in [0.1, 0.15) is 0 Å². The monoisotopic (exact) mass is 388 g/mol. The van der Waals surface area contributed by atoms with E-state index >= 15 is 0 Å². The van der Waals surface area contributed by atoms with E-state index in [1.165, 1.54) is 0 Å². The van der Waals surface area contributed by atoms with E-state index in [0.717, 1.165) is 22.6 Å². The number of benzene rings is 2. The molecule has 1 fully saturated rings. The molecule has 0 saturated carbocycles. The third-order valence-corrected chi connectivity index (χ3v) is 7.27. The zero-order valence-corrected chi connectivity index (χ0v) is 16.4. The van der Waals surface area contributed by atoms with E-state index < -0.39 is 10.0 Å². The van der Waals surface area contributed by atoms with Crippen LogP contribution in [-0.2, 0) is 10.0 Å². The molecule has 1 unspecified atom stereocenters. The molecule has 0 aromatic heterocycles. The second-order valence-corrected chi connectivity index (χ2v) is 8.98. The van der Waals surface area contributed by atoms with Crippen LogP contribution in [0.25, 0.3) is 0 Å². The molecule has 0 bridgehead atoms. The largest absolute Gasteiger partial charge is 0.454 e. The molecule has 4 rings (SSSR count). The Balaban J connectivity index is 1.43. The Labute approximate surface area is 160 Å². The average molecular weight is 388 g/mol. The van der Waals surface area contributed by atoms with Crippen molar-refractivity contribution in [3.63, 3.8) is 0 Å². The Morgan fingerprint density at radius 2 is 1.59 bits per heavy atom. The molecule has 2 aliphatic heterocycles. The van der Waals surface area contributed by atoms with E-state index in [1.807, 2.05) is 37.3 Å². The van der Waals surface area contributed by atoms with E-state index in [9.17, 15) is 8.42 Å². The summed E-state index contributed by atoms with van der Waals surface area (Å²) in [5, 5.41) is 0. The first-order valence-corrected chi connectivity index (χ1v) is 10.6. The van der Waals surface area contributed by atoms with Crippen LogP contribution in [0.3, 0.4) is 0 Å². The molecule has 7 heteroatoms. The van der Waals surface area contributed by atoms with Crippen LogP contribution in [0.2, 0.25) is 0 Å². The molecule has 1 atom stereocenters. The molecule has 0 aliphatic carbocycles. The summed E-state index contributed by atoms with van der Waals surface area (Å²) in [6.07, 6.45) is 0. The SMILES string of the molecule is Cc1ccc(S(=O)(=O)N2CCN(C(C)c3ccc4c(c3)OCO4)CC2)cc1. The highest BCUT2D eigenvalue weighted by molar-refractivity contribution is 7.89. The molecule has 27 heavy (non-hydrogen) atoms. The van der Waals surface area contributed by atoms with Crippen molar-refractivity contribution in [3.05, 3.63) is 53.6 Å². The summed E-state index contributed by atoms with van der Waals surface area (Å²) in [5.74, 6) is 1.56. The Kier molecular flexibility index (Phi) is 4.84. The van der Waals surface area contributed by atoms with Crippen LogP contribution in [0.1, 0.15) is 24.1 Å². The lowest BCUT2D eigenvalue weighted by Crippen LogP contribution is -2.49. The van der Waals surface area contributed by atoms with Gasteiger partial charge in [0.05, 0.1) is 4.90 Å². The smallest absolute Gasteiger partial charge is 0.243 e. The van der Waals surface area contributed by atoms with Crippen LogP contribution >= 0.6 is 0 Å². The first-order chi connectivity index (χ1) is 12.9. The molecule has 2 aromatic rings. The van der Waals surface area contributed by atoms with Crippen molar-refractivity contribution in [3.8, 4) is 11.5 Å². The molecule has 0 N–H and O–H groups in total. The maximum Gasteiger partial charge on any atom is 0.243 e. The lowest BCUT2D eigenvalue weighted by molar-refractivity contribution is 0.145. The molecule has 2 heterocycles. The number of ether oxygens (including phenoxy) is 2. The molecule has 144 valence electrons. The maximum absolute atomic E-state index is 12.8. The minimum absolute atomic E-state index is 0.184. The Bertz CT molecular complexity index is 919. The first kappa shape index (κ1) is 18.3. The van der Waals surface area contributed by atoms with Crippen molar-refractivity contribution in [2.45, 2.75) is 24.8 Å². The quantitative estimate of drug-likeness (QED) is 0.806. The second-order valence-electron chi connectivity index (χ2n) is 7.04. The van der Waals surface area contributed by atoms with Gasteiger partial charge in [0.15, 0.2) is 11.5 Å². The van der Waals surface area contributed by atoms with Crippen LogP contribution in [-0.4, -0.2) is 50.6 Å². The van der Waals surface area contributed by atoms with Crippen LogP contribution in [0, 0.1) is 6.92 Å². The molecular weight excluding hydrogens is 364 g/mol. The minimum Gasteiger partial charge on any atom is -0.454 e. The van der Waals surface area contributed by atoms with Gasteiger partial charge in [0.25, 0.3) is 0 Å². The summed E-state index contributed by atoms with van der Waals surface area (Å²) in [4.78, 5) is 2.67. The molecule has 0 spiro atoms. The van der Waals surface area contributed by atoms with Gasteiger partial charge in [-0.05, 0) is 43.7 Å². The topological polar surface area (TPSA) is 59.1 Å². The summed E-state index contributed by atoms with van der Waals surface area (Å²) in [6, 6.07) is 13.2. The fourth-order valence-electron chi connectivity index (χ4n) is 3.57. The van der Waals surface area contributed by atoms with Crippen LogP contribution in [0.15, 0.2) is 47.4 Å². The van der Waals surface area contributed by atoms with Gasteiger partial charge < -0.3 is 9.47 Å². The van der Waals surface area contributed by atoms with Gasteiger partial charge in [-0.1, -0.05) is 23.8 Å². The summed E-state index contributed by atoms with van der Waals surface area (Å²) in [5.41, 5.74) is 2.20. The fraction of sp³-hybridized carbons (Fsp3) is 0.400. The number of piperazine rings is 1. The number of aryl methyl sites for hydroxylation is 1. The van der Waals surface area contributed by atoms with Crippen molar-refractivity contribution in [1.82, 2.24) is 9.21 Å². The van der Waals surface area contributed by atoms with Crippen molar-refractivity contribution in [2.75, 3.05) is 33.0 Å². The Morgan fingerprint density at radius 3 is 2.30 bits per heavy atom. The molecular formula is C20H24N2O4S. The third-order valence-electron chi connectivity index (χ3n) is 5.36. The lowest BCUT2D eigenvalue weighted by Gasteiger charge is -2.37. The predicted octanol–water partition coefficient (Wildman–Crippen LogP) is 2.79. The number of rotatable bonds is 4. The van der Waals surface area contributed by atoms with Gasteiger partial charge in [0.2, 0.25) is 16.8 Å². The van der Waals surface area contributed by atoms with E-state index in [4.69, 9.17) is 9.47 Å². The van der Waals surface area contributed by atoms with Gasteiger partial charge in [0, 0.05) is 32.2 Å². The van der Waals surface area contributed by atoms with Crippen LogP contribution in [0.4, 0.5) is 0 Å². The number of nitrogens with zero attached hydrogens (tertiary/aromatic N) is 2. The van der Waals surface area contributed by atoms with E-state index in [-0.39, 0.29) is 12.8 Å². The highest BCUT2D eigenvalue weighted by atomic mass is 32.2. The van der Waals surface area contributed by atoms with E-state index in [1.54, 1.807) is 16.4 Å². The van der Waals surface area contributed by atoms with Gasteiger partial charge in [-0.15, -0.1) is 0 Å². The zero-order chi connectivity index (χ0) is 19.0. The molecule has 0 radical (unpaired) electrons. The molecule has 0 amide bonds. The van der Waals surface area contributed by atoms with Crippen molar-refractivity contribution < 1.29 is 17.9 Å². The second kappa shape index (κ2) is 7.14. The molecule has 2 aromatic carbocycles.